The minimum Gasteiger partial charge on any atom is -0.487 e. The number of methoxy groups -OCH3 is 1. The zero-order valence-corrected chi connectivity index (χ0v) is 17.9. The van der Waals surface area contributed by atoms with Crippen LogP contribution in [-0.2, 0) is 16.1 Å². The highest BCUT2D eigenvalue weighted by atomic mass is 32.1. The van der Waals surface area contributed by atoms with E-state index in [0.29, 0.717) is 19.6 Å². The van der Waals surface area contributed by atoms with Crippen molar-refractivity contribution in [1.29, 1.82) is 0 Å². The number of likely N-dealkylation sites (tertiary alicyclic amines) is 1. The summed E-state index contributed by atoms with van der Waals surface area (Å²) in [6, 6.07) is 12.6. The van der Waals surface area contributed by atoms with Crippen LogP contribution in [0, 0.1) is 0 Å². The van der Waals surface area contributed by atoms with Crippen LogP contribution in [0.1, 0.15) is 42.0 Å². The van der Waals surface area contributed by atoms with Crippen molar-refractivity contribution in [1.82, 2.24) is 10.2 Å². The van der Waals surface area contributed by atoms with Crippen molar-refractivity contribution in [2.45, 2.75) is 43.7 Å². The minimum absolute atomic E-state index is 0.0917. The molecule has 2 aliphatic heterocycles. The average molecular weight is 415 g/mol. The van der Waals surface area contributed by atoms with Crippen molar-refractivity contribution in [3.05, 3.63) is 52.2 Å². The van der Waals surface area contributed by atoms with Gasteiger partial charge in [0.05, 0.1) is 6.61 Å². The summed E-state index contributed by atoms with van der Waals surface area (Å²) in [4.78, 5) is 16.4. The molecule has 2 aliphatic rings. The van der Waals surface area contributed by atoms with Crippen LogP contribution in [0.3, 0.4) is 0 Å². The van der Waals surface area contributed by atoms with E-state index >= 15 is 0 Å². The number of nitrogens with one attached hydrogen (secondary N) is 1. The fourth-order valence-corrected chi connectivity index (χ4v) is 5.31. The summed E-state index contributed by atoms with van der Waals surface area (Å²) in [6.45, 7) is 4.19. The first kappa shape index (κ1) is 20.4. The van der Waals surface area contributed by atoms with Crippen molar-refractivity contribution in [3.8, 4) is 5.75 Å². The van der Waals surface area contributed by atoms with Gasteiger partial charge < -0.3 is 14.8 Å². The maximum absolute atomic E-state index is 12.5. The number of hydrogen-bond acceptors (Lipinski definition) is 5. The topological polar surface area (TPSA) is 50.8 Å². The third kappa shape index (κ3) is 5.00. The van der Waals surface area contributed by atoms with E-state index in [-0.39, 0.29) is 17.4 Å². The second-order valence-corrected chi connectivity index (χ2v) is 9.16. The van der Waals surface area contributed by atoms with E-state index in [1.807, 2.05) is 23.5 Å². The van der Waals surface area contributed by atoms with Crippen molar-refractivity contribution in [2.75, 3.05) is 33.4 Å². The van der Waals surface area contributed by atoms with Gasteiger partial charge >= 0.3 is 0 Å². The van der Waals surface area contributed by atoms with E-state index in [4.69, 9.17) is 9.47 Å². The molecule has 1 spiro atoms. The Kier molecular flexibility index (Phi) is 6.53. The lowest BCUT2D eigenvalue weighted by Crippen LogP contribution is -2.50. The first-order chi connectivity index (χ1) is 14.2. The van der Waals surface area contributed by atoms with Gasteiger partial charge in [0.25, 0.3) is 0 Å². The Hall–Kier alpha value is -1.89. The molecule has 29 heavy (non-hydrogen) atoms. The number of benzene rings is 1. The van der Waals surface area contributed by atoms with E-state index in [1.54, 1.807) is 7.11 Å². The predicted octanol–water partition coefficient (Wildman–Crippen LogP) is 3.80. The smallest absolute Gasteiger partial charge is 0.220 e. The lowest BCUT2D eigenvalue weighted by atomic mass is 9.76. The summed E-state index contributed by atoms with van der Waals surface area (Å²) < 4.78 is 11.6. The van der Waals surface area contributed by atoms with Crippen molar-refractivity contribution >= 4 is 17.2 Å². The van der Waals surface area contributed by atoms with E-state index in [9.17, 15) is 4.79 Å². The molecule has 0 radical (unpaired) electrons. The molecule has 0 saturated carbocycles. The van der Waals surface area contributed by atoms with Crippen molar-refractivity contribution in [2.24, 2.45) is 0 Å². The summed E-state index contributed by atoms with van der Waals surface area (Å²) in [6.07, 6.45) is 3.43. The molecular weight excluding hydrogens is 384 g/mol. The second-order valence-electron chi connectivity index (χ2n) is 8.13. The number of ether oxygens (including phenoxy) is 2. The fourth-order valence-electron chi connectivity index (χ4n) is 4.56. The van der Waals surface area contributed by atoms with Gasteiger partial charge in [0.1, 0.15) is 11.4 Å². The number of carbonyl (C=O) groups is 1. The number of nitrogens with zero attached hydrogens (tertiary/aromatic N) is 1. The van der Waals surface area contributed by atoms with Gasteiger partial charge in [-0.3, -0.25) is 9.69 Å². The Bertz CT molecular complexity index is 800. The SMILES string of the molecule is COCCNC(=O)C[C@@H]1CC2(CCN(Cc3cccs3)CC2)Oc2ccccc21. The number of para-hydroxylation sites is 1. The predicted molar refractivity (Wildman–Crippen MR) is 115 cm³/mol. The number of carbonyl (C=O) groups excluding carboxylic acids is 1. The maximum Gasteiger partial charge on any atom is 0.220 e. The number of piperidine rings is 1. The van der Waals surface area contributed by atoms with Gasteiger partial charge in [-0.25, -0.2) is 0 Å². The third-order valence-corrected chi connectivity index (χ3v) is 6.95. The third-order valence-electron chi connectivity index (χ3n) is 6.09. The van der Waals surface area contributed by atoms with Gasteiger partial charge in [-0.15, -0.1) is 11.3 Å². The summed E-state index contributed by atoms with van der Waals surface area (Å²) in [7, 11) is 1.65. The van der Waals surface area contributed by atoms with Crippen LogP contribution in [0.2, 0.25) is 0 Å². The molecule has 5 nitrogen and oxygen atoms in total. The van der Waals surface area contributed by atoms with Gasteiger partial charge in [0.15, 0.2) is 0 Å². The molecule has 1 atom stereocenters. The zero-order chi connectivity index (χ0) is 20.1. The maximum atomic E-state index is 12.5. The highest BCUT2D eigenvalue weighted by molar-refractivity contribution is 7.09. The molecule has 4 rings (SSSR count). The summed E-state index contributed by atoms with van der Waals surface area (Å²) in [5, 5.41) is 5.12. The van der Waals surface area contributed by atoms with Crippen LogP contribution in [0.4, 0.5) is 0 Å². The highest BCUT2D eigenvalue weighted by Crippen LogP contribution is 2.46. The molecule has 1 aromatic heterocycles. The molecule has 1 N–H and O–H groups in total. The second kappa shape index (κ2) is 9.28. The van der Waals surface area contributed by atoms with Gasteiger partial charge in [-0.05, 0) is 42.3 Å². The number of amides is 1. The molecule has 0 aliphatic carbocycles. The van der Waals surface area contributed by atoms with Crippen LogP contribution >= 0.6 is 11.3 Å². The Morgan fingerprint density at radius 3 is 2.86 bits per heavy atom. The largest absolute Gasteiger partial charge is 0.487 e. The monoisotopic (exact) mass is 414 g/mol. The van der Waals surface area contributed by atoms with Crippen LogP contribution in [-0.4, -0.2) is 49.8 Å². The molecule has 1 fully saturated rings. The quantitative estimate of drug-likeness (QED) is 0.700. The van der Waals surface area contributed by atoms with E-state index in [2.05, 4.69) is 39.9 Å². The lowest BCUT2D eigenvalue weighted by molar-refractivity contribution is -0.122. The number of thiophene rings is 1. The summed E-state index contributed by atoms with van der Waals surface area (Å²) in [5.74, 6) is 1.25. The molecular formula is C23H30N2O3S. The van der Waals surface area contributed by atoms with E-state index < -0.39 is 0 Å². The van der Waals surface area contributed by atoms with Crippen LogP contribution in [0.25, 0.3) is 0 Å². The fraction of sp³-hybridized carbons (Fsp3) is 0.522. The molecule has 0 unspecified atom stereocenters. The van der Waals surface area contributed by atoms with Crippen LogP contribution < -0.4 is 10.1 Å². The number of rotatable bonds is 7. The van der Waals surface area contributed by atoms with E-state index in [1.165, 1.54) is 10.4 Å². The first-order valence-corrected chi connectivity index (χ1v) is 11.3. The molecule has 1 aromatic carbocycles. The van der Waals surface area contributed by atoms with Gasteiger partial charge in [0, 0.05) is 50.5 Å². The van der Waals surface area contributed by atoms with E-state index in [0.717, 1.165) is 44.6 Å². The van der Waals surface area contributed by atoms with Gasteiger partial charge in [0.2, 0.25) is 5.91 Å². The molecule has 156 valence electrons. The first-order valence-electron chi connectivity index (χ1n) is 10.5. The number of fused-ring (bicyclic) bond motifs is 1. The lowest BCUT2D eigenvalue weighted by Gasteiger charge is -2.47. The molecule has 1 saturated heterocycles. The van der Waals surface area contributed by atoms with Crippen molar-refractivity contribution < 1.29 is 14.3 Å². The normalized spacial score (nSPS) is 20.8. The highest BCUT2D eigenvalue weighted by Gasteiger charge is 2.43. The minimum atomic E-state index is -0.155. The standard InChI is InChI=1S/C23H30N2O3S/c1-27-13-10-24-22(26)15-18-16-23(28-21-7-3-2-6-20(18)21)8-11-25(12-9-23)17-19-5-4-14-29-19/h2-7,14,18H,8-13,15-17H2,1H3,(H,24,26)/t18-/m1/s1. The molecule has 2 aromatic rings. The summed E-state index contributed by atoms with van der Waals surface area (Å²) >= 11 is 1.82. The molecule has 0 bridgehead atoms. The average Bonchev–Trinajstić information content (AvgIpc) is 3.23. The van der Waals surface area contributed by atoms with Crippen molar-refractivity contribution in [3.63, 3.8) is 0 Å². The van der Waals surface area contributed by atoms with Crippen LogP contribution in [0.15, 0.2) is 41.8 Å². The Morgan fingerprint density at radius 1 is 1.28 bits per heavy atom. The Morgan fingerprint density at radius 2 is 2.10 bits per heavy atom. The molecule has 1 amide bonds. The zero-order valence-electron chi connectivity index (χ0n) is 17.1. The van der Waals surface area contributed by atoms with Gasteiger partial charge in [-0.2, -0.15) is 0 Å². The Balaban J connectivity index is 1.42. The van der Waals surface area contributed by atoms with Crippen LogP contribution in [0.5, 0.6) is 5.75 Å². The Labute approximate surface area is 177 Å². The number of hydrogen-bond donors (Lipinski definition) is 1. The molecule has 3 heterocycles. The summed E-state index contributed by atoms with van der Waals surface area (Å²) in [5.41, 5.74) is 1.01. The molecule has 6 heteroatoms. The van der Waals surface area contributed by atoms with Gasteiger partial charge in [-0.1, -0.05) is 24.3 Å².